The molecule has 0 unspecified atom stereocenters. The lowest BCUT2D eigenvalue weighted by atomic mass is 9.72. The molecule has 3 aliphatic rings. The van der Waals surface area contributed by atoms with Crippen LogP contribution in [0.1, 0.15) is 373 Å². The van der Waals surface area contributed by atoms with Crippen LogP contribution >= 0.6 is 11.6 Å². The molecule has 0 saturated carbocycles. The van der Waals surface area contributed by atoms with Crippen LogP contribution in [0.5, 0.6) is 34.5 Å². The van der Waals surface area contributed by atoms with Gasteiger partial charge in [-0.1, -0.05) is 222 Å². The third kappa shape index (κ3) is 32.2. The van der Waals surface area contributed by atoms with E-state index in [0.717, 1.165) is 115 Å². The van der Waals surface area contributed by atoms with Crippen LogP contribution in [0.3, 0.4) is 0 Å². The summed E-state index contributed by atoms with van der Waals surface area (Å²) >= 11 is 5.16. The van der Waals surface area contributed by atoms with Crippen LogP contribution in [0.25, 0.3) is 0 Å². The van der Waals surface area contributed by atoms with Gasteiger partial charge in [-0.25, -0.2) is 0 Å². The average molecular weight is 1600 g/mol. The molecule has 0 spiro atoms. The van der Waals surface area contributed by atoms with E-state index in [1.807, 2.05) is 93.5 Å². The van der Waals surface area contributed by atoms with Crippen LogP contribution in [0, 0.1) is 39.4 Å². The number of esters is 4. The molecule has 0 aliphatic heterocycles. The molecule has 642 valence electrons. The highest BCUT2D eigenvalue weighted by Crippen LogP contribution is 2.53. The molecule has 3 aromatic carbocycles. The Labute approximate surface area is 696 Å². The zero-order valence-corrected chi connectivity index (χ0v) is 76.9. The summed E-state index contributed by atoms with van der Waals surface area (Å²) in [6.45, 7) is 66.4. The minimum atomic E-state index is -0.645. The number of alkyl halides is 1. The molecule has 0 radical (unpaired) electrons. The molecule has 14 nitrogen and oxygen atoms in total. The maximum atomic E-state index is 12.6. The number of rotatable bonds is 34. The average Bonchev–Trinajstić information content (AvgIpc) is 0.779. The van der Waals surface area contributed by atoms with Crippen LogP contribution in [0.4, 0.5) is 0 Å². The van der Waals surface area contributed by atoms with Crippen molar-refractivity contribution in [2.45, 2.75) is 356 Å². The molecule has 15 heteroatoms. The van der Waals surface area contributed by atoms with Gasteiger partial charge in [-0.05, 0) is 270 Å². The van der Waals surface area contributed by atoms with Crippen molar-refractivity contribution in [3.05, 3.63) is 141 Å². The van der Waals surface area contributed by atoms with Gasteiger partial charge < -0.3 is 48.5 Å². The number of benzene rings is 3. The van der Waals surface area contributed by atoms with Gasteiger partial charge in [0.05, 0.1) is 21.7 Å². The Hall–Kier alpha value is -6.93. The maximum absolute atomic E-state index is 12.6. The number of carbonyl (C=O) groups excluding carboxylic acids is 4. The maximum Gasteiger partial charge on any atom is 0.314 e. The van der Waals surface area contributed by atoms with Gasteiger partial charge in [-0.15, -0.1) is 0 Å². The second-order valence-electron chi connectivity index (χ2n) is 39.0. The zero-order valence-electron chi connectivity index (χ0n) is 76.2. The quantitative estimate of drug-likeness (QED) is 0.0128. The largest absolute Gasteiger partial charge is 0.507 e. The number of halogens is 1. The van der Waals surface area contributed by atoms with E-state index in [1.54, 1.807) is 20.8 Å². The van der Waals surface area contributed by atoms with Gasteiger partial charge >= 0.3 is 23.9 Å². The number of allylic oxidation sites excluding steroid dienone is 9. The number of carbonyl (C=O) groups is 4. The van der Waals surface area contributed by atoms with E-state index in [9.17, 15) is 34.5 Å². The van der Waals surface area contributed by atoms with Crippen molar-refractivity contribution < 1.29 is 67.7 Å². The minimum Gasteiger partial charge on any atom is -0.507 e. The third-order valence-corrected chi connectivity index (χ3v) is 22.8. The summed E-state index contributed by atoms with van der Waals surface area (Å²) in [6.07, 6.45) is 30.3. The summed E-state index contributed by atoms with van der Waals surface area (Å²) in [5.74, 6) is 1.80. The van der Waals surface area contributed by atoms with Gasteiger partial charge in [0.25, 0.3) is 0 Å². The fraction of sp³-hybridized carbons (Fsp3) is 0.657. The van der Waals surface area contributed by atoms with Gasteiger partial charge in [0, 0.05) is 34.4 Å². The molecule has 0 fully saturated rings. The monoisotopic (exact) mass is 1600 g/mol. The smallest absolute Gasteiger partial charge is 0.314 e. The fourth-order valence-corrected chi connectivity index (χ4v) is 15.0. The molecule has 0 saturated heterocycles. The lowest BCUT2D eigenvalue weighted by molar-refractivity contribution is -0.160. The molecule has 3 N–H and O–H groups in total. The van der Waals surface area contributed by atoms with Crippen LogP contribution in [-0.4, -0.2) is 65.6 Å². The van der Waals surface area contributed by atoms with Gasteiger partial charge in [0.1, 0.15) is 34.5 Å². The lowest BCUT2D eigenvalue weighted by Crippen LogP contribution is -2.26. The summed E-state index contributed by atoms with van der Waals surface area (Å²) in [5.41, 5.74) is 9.92. The zero-order chi connectivity index (χ0) is 86.7. The number of unbranched alkanes of at least 4 members (excludes halogenated alkanes) is 9. The Kier molecular flexibility index (Phi) is 40.6. The van der Waals surface area contributed by atoms with E-state index < -0.39 is 21.7 Å². The Bertz CT molecular complexity index is 3660. The first-order valence-electron chi connectivity index (χ1n) is 42.5. The predicted molar refractivity (Wildman–Crippen MR) is 471 cm³/mol. The summed E-state index contributed by atoms with van der Waals surface area (Å²) in [7, 11) is 0. The van der Waals surface area contributed by atoms with Crippen molar-refractivity contribution in [1.29, 1.82) is 0 Å². The first kappa shape index (κ1) is 101. The Morgan fingerprint density at radius 2 is 0.623 bits per heavy atom. The van der Waals surface area contributed by atoms with E-state index in [2.05, 4.69) is 152 Å². The molecule has 114 heavy (non-hydrogen) atoms. The van der Waals surface area contributed by atoms with Crippen molar-refractivity contribution in [3.8, 4) is 34.5 Å². The molecule has 3 aliphatic carbocycles. The second-order valence-corrected chi connectivity index (χ2v) is 39.2. The number of ether oxygens (including phenoxy) is 7. The first-order chi connectivity index (χ1) is 52.8. The number of hydrogen-bond donors (Lipinski definition) is 3. The van der Waals surface area contributed by atoms with Gasteiger partial charge in [-0.3, -0.25) is 19.2 Å². The summed E-state index contributed by atoms with van der Waals surface area (Å²) in [5, 5.41) is 33.1. The molecular weight excluding hydrogens is 1450 g/mol. The Morgan fingerprint density at radius 3 is 0.886 bits per heavy atom. The Balaban J connectivity index is 0.000000427. The minimum absolute atomic E-state index is 0.00188. The summed E-state index contributed by atoms with van der Waals surface area (Å²) < 4.78 is 39.8. The standard InChI is InChI=1S/C37H58O6.C31H48O4.C25H38O2.C6H11ClO2/c1-13-14-15-16-19-37(11,12)27-21-30(40-23-42-33(38)35(5,6)7)32(29-20-26(4)17-18-28(29)25(2)3)31(22-27)41-24-43-34(39)36(8,9)10;1-10-11-12-13-16-31(8,9)23-18-26(32)28(25-17-22(4)14-15-24(25)21(2)3)27(19-23)34-20-35-29(33)30(5,6)7;1-7-8-9-10-13-25(5,6)19-15-22(26)24(23(27)16-19)21-14-18(4)11-12-20(21)17(2)3;1-6(2,3)5(8)9-4-7/h20-22,28-29H,2,13-19,23-24H2,1,3-12H3;17-19,24-25,32H,2,10-16,20H2,1,3-9H3;14-16,20-21,26-27H,2,7-13H2,1,3-6H3;4H2,1-3H3/t28-,29+;24-,25+;20-,21+;/m000./s1. The van der Waals surface area contributed by atoms with Gasteiger partial charge in [0.15, 0.2) is 6.07 Å². The van der Waals surface area contributed by atoms with E-state index in [-0.39, 0.29) is 119 Å². The summed E-state index contributed by atoms with van der Waals surface area (Å²) in [6, 6.07) is 11.8. The normalized spacial score (nSPS) is 18.1. The number of phenols is 3. The van der Waals surface area contributed by atoms with E-state index >= 15 is 0 Å². The predicted octanol–water partition coefficient (Wildman–Crippen LogP) is 27.5. The van der Waals surface area contributed by atoms with E-state index in [4.69, 9.17) is 40.0 Å². The molecular formula is C99H155ClO14. The highest BCUT2D eigenvalue weighted by atomic mass is 35.5. The molecule has 6 atom stereocenters. The number of phenolic OH excluding ortho intramolecular Hbond substituents is 3. The van der Waals surface area contributed by atoms with Crippen LogP contribution in [0.15, 0.2) is 108 Å². The van der Waals surface area contributed by atoms with Crippen molar-refractivity contribution in [1.82, 2.24) is 0 Å². The van der Waals surface area contributed by atoms with Crippen LogP contribution < -0.4 is 14.2 Å². The van der Waals surface area contributed by atoms with Crippen molar-refractivity contribution in [3.63, 3.8) is 0 Å². The van der Waals surface area contributed by atoms with E-state index in [1.165, 1.54) is 80.9 Å². The van der Waals surface area contributed by atoms with Crippen LogP contribution in [-0.2, 0) is 54.4 Å². The fourth-order valence-electron chi connectivity index (χ4n) is 14.9. The molecule has 0 heterocycles. The SMILES string of the molecule is C=C(C)[C@@H]1CCC(C)=C[C@H]1c1c(O)cc(C(C)(C)CCCCCC)cc1O.C=C(C)[C@@H]1CCC(C)=C[C@H]1c1c(O)cc(C(C)(C)CCCCCC)cc1OCOC(=O)C(C)(C)C.C=C(C)[C@@H]1CCC(C)=C[C@H]1c1c(OCOC(=O)C(C)(C)C)cc(C(C)(C)CCCCCC)cc1OCOC(=O)C(C)(C)C.CC(C)(C)C(=O)OCCl. The molecule has 6 rings (SSSR count). The second kappa shape index (κ2) is 45.7. The van der Waals surface area contributed by atoms with Crippen molar-refractivity contribution in [2.75, 3.05) is 26.4 Å². The Morgan fingerprint density at radius 1 is 0.377 bits per heavy atom. The highest BCUT2D eigenvalue weighted by Gasteiger charge is 2.38. The highest BCUT2D eigenvalue weighted by molar-refractivity contribution is 6.17. The number of hydrogen-bond acceptors (Lipinski definition) is 14. The van der Waals surface area contributed by atoms with E-state index in [0.29, 0.717) is 22.8 Å². The van der Waals surface area contributed by atoms with Crippen molar-refractivity contribution >= 4 is 35.5 Å². The lowest BCUT2D eigenvalue weighted by Gasteiger charge is -2.34. The number of aromatic hydroxyl groups is 3. The third-order valence-electron chi connectivity index (χ3n) is 22.7. The first-order valence-corrected chi connectivity index (χ1v) is 43.1. The van der Waals surface area contributed by atoms with Gasteiger partial charge in [0.2, 0.25) is 20.4 Å². The van der Waals surface area contributed by atoms with Crippen LogP contribution in [0.2, 0.25) is 0 Å². The molecule has 0 aromatic heterocycles. The molecule has 3 aromatic rings. The topological polar surface area (TPSA) is 194 Å². The van der Waals surface area contributed by atoms with Gasteiger partial charge in [-0.2, -0.15) is 0 Å². The van der Waals surface area contributed by atoms with Crippen molar-refractivity contribution in [2.24, 2.45) is 39.4 Å². The molecule has 0 amide bonds. The molecule has 0 bridgehead atoms. The summed E-state index contributed by atoms with van der Waals surface area (Å²) in [4.78, 5) is 48.2.